The van der Waals surface area contributed by atoms with Crippen LogP contribution in [-0.2, 0) is 9.36 Å². The first kappa shape index (κ1) is 41.7. The summed E-state index contributed by atoms with van der Waals surface area (Å²) >= 11 is 16.6. The molecule has 0 atom stereocenters. The second-order valence-electron chi connectivity index (χ2n) is 4.43. The molecule has 1 N–H and O–H groups in total. The molecule has 0 aromatic carbocycles. The quantitative estimate of drug-likeness (QED) is 0.176. The van der Waals surface area contributed by atoms with Gasteiger partial charge in [-0.3, -0.25) is 14.4 Å². The van der Waals surface area contributed by atoms with E-state index in [4.69, 9.17) is 80.8 Å². The summed E-state index contributed by atoms with van der Waals surface area (Å²) < 4.78 is 14.4. The van der Waals surface area contributed by atoms with Crippen LogP contribution in [0.3, 0.4) is 0 Å². The largest absolute Gasteiger partial charge is 3.00 e. The van der Waals surface area contributed by atoms with Gasteiger partial charge in [0.15, 0.2) is 0 Å². The Bertz CT molecular complexity index is 551. The van der Waals surface area contributed by atoms with Crippen molar-refractivity contribution in [3.05, 3.63) is 46.0 Å². The number of halogens is 3. The number of rotatable bonds is 7. The smallest absolute Gasteiger partial charge is 0.356 e. The number of alkyl halides is 3. The molecule has 0 bridgehead atoms. The van der Waals surface area contributed by atoms with Gasteiger partial charge in [0.2, 0.25) is 0 Å². The van der Waals surface area contributed by atoms with Crippen LogP contribution < -0.4 is 5.09 Å². The predicted molar refractivity (Wildman–Crippen MR) is 113 cm³/mol. The Morgan fingerprint density at radius 2 is 0.969 bits per heavy atom. The summed E-state index contributed by atoms with van der Waals surface area (Å²) in [5, 5.41) is 46.7. The van der Waals surface area contributed by atoms with E-state index in [2.05, 4.69) is 5.09 Å². The fraction of sp³-hybridized carbons (Fsp3) is 0.900. The molecular formula is C10H21Cl3N6O11PPr. The van der Waals surface area contributed by atoms with Gasteiger partial charge in [0, 0.05) is 26.2 Å². The van der Waals surface area contributed by atoms with E-state index in [1.807, 2.05) is 27.7 Å². The molecule has 1 amide bonds. The van der Waals surface area contributed by atoms with E-state index in [1.165, 1.54) is 0 Å². The zero-order chi connectivity index (χ0) is 26.0. The van der Waals surface area contributed by atoms with Gasteiger partial charge in [-0.2, -0.15) is 0 Å². The maximum atomic E-state index is 13.1. The van der Waals surface area contributed by atoms with Crippen molar-refractivity contribution >= 4 is 48.3 Å². The van der Waals surface area contributed by atoms with E-state index in [-0.39, 0.29) is 41.3 Å². The van der Waals surface area contributed by atoms with Crippen LogP contribution >= 0.6 is 42.4 Å². The Morgan fingerprint density at radius 1 is 0.781 bits per heavy atom. The minimum Gasteiger partial charge on any atom is -0.356 e. The molecule has 0 radical (unpaired) electrons. The second-order valence-corrected chi connectivity index (χ2v) is 9.16. The third-order valence-corrected chi connectivity index (χ3v) is 6.41. The number of nitrogens with zero attached hydrogens (tertiary/aromatic N) is 5. The van der Waals surface area contributed by atoms with Gasteiger partial charge in [-0.15, -0.1) is 0 Å². The molecule has 0 unspecified atom stereocenters. The molecule has 17 nitrogen and oxygen atoms in total. The Balaban J connectivity index is -0.000000154. The predicted octanol–water partition coefficient (Wildman–Crippen LogP) is 2.55. The zero-order valence-electron chi connectivity index (χ0n) is 17.2. The number of nitrogens with one attached hydrogen (secondary N) is 1. The molecule has 0 heterocycles. The summed E-state index contributed by atoms with van der Waals surface area (Å²) in [6, 6.07) is 0. The Morgan fingerprint density at radius 3 is 1.09 bits per heavy atom. The average molecular weight is 680 g/mol. The molecule has 0 rings (SSSR count). The fourth-order valence-electron chi connectivity index (χ4n) is 1.73. The molecular weight excluding hydrogens is 658 g/mol. The maximum Gasteiger partial charge on any atom is 3.00 e. The van der Waals surface area contributed by atoms with Crippen LogP contribution in [0.25, 0.3) is 0 Å². The monoisotopic (exact) mass is 678 g/mol. The first-order chi connectivity index (χ1) is 13.9. The van der Waals surface area contributed by atoms with Gasteiger partial charge in [0.25, 0.3) is 9.70 Å². The van der Waals surface area contributed by atoms with Crippen LogP contribution in [0, 0.1) is 87.3 Å². The van der Waals surface area contributed by atoms with Crippen molar-refractivity contribution < 1.29 is 65.9 Å². The molecule has 186 valence electrons. The summed E-state index contributed by atoms with van der Waals surface area (Å²) in [7, 11) is -3.28. The van der Waals surface area contributed by atoms with Crippen LogP contribution in [0.1, 0.15) is 27.7 Å². The van der Waals surface area contributed by atoms with Crippen LogP contribution in [-0.4, -0.2) is 60.5 Å². The molecule has 0 spiro atoms. The maximum absolute atomic E-state index is 13.1. The van der Waals surface area contributed by atoms with Crippen molar-refractivity contribution in [3.8, 4) is 0 Å². The number of carbonyl (C=O) groups is 1. The van der Waals surface area contributed by atoms with Crippen molar-refractivity contribution in [1.29, 1.82) is 0 Å². The average Bonchev–Trinajstić information content (AvgIpc) is 2.54. The molecule has 22 heteroatoms. The molecule has 0 aliphatic heterocycles. The molecule has 0 aliphatic carbocycles. The Labute approximate surface area is 230 Å². The molecule has 0 saturated carbocycles. The minimum absolute atomic E-state index is 0. The van der Waals surface area contributed by atoms with Gasteiger partial charge in [0.1, 0.15) is 0 Å². The van der Waals surface area contributed by atoms with E-state index in [1.54, 1.807) is 9.34 Å². The molecule has 32 heavy (non-hydrogen) atoms. The zero-order valence-corrected chi connectivity index (χ0v) is 24.1. The minimum atomic E-state index is -3.28. The van der Waals surface area contributed by atoms with Crippen molar-refractivity contribution in [2.24, 2.45) is 0 Å². The number of carbonyl (C=O) groups excluding carboxylic acids is 1. The summed E-state index contributed by atoms with van der Waals surface area (Å²) in [6.07, 6.45) is 0. The van der Waals surface area contributed by atoms with Crippen LogP contribution in [0.4, 0.5) is 0 Å². The summed E-state index contributed by atoms with van der Waals surface area (Å²) in [6.45, 7) is 9.52. The van der Waals surface area contributed by atoms with Crippen LogP contribution in [0.2, 0.25) is 0 Å². The van der Waals surface area contributed by atoms with Crippen molar-refractivity contribution in [1.82, 2.24) is 14.4 Å². The molecule has 0 aromatic heterocycles. The Kier molecular flexibility index (Phi) is 29.0. The van der Waals surface area contributed by atoms with Crippen LogP contribution in [0.15, 0.2) is 0 Å². The van der Waals surface area contributed by atoms with Gasteiger partial charge in [0.05, 0.1) is 15.3 Å². The summed E-state index contributed by atoms with van der Waals surface area (Å²) in [5.74, 6) is -0.875. The van der Waals surface area contributed by atoms with E-state index < -0.39 is 32.6 Å². The third kappa shape index (κ3) is 25.7. The van der Waals surface area contributed by atoms with Crippen LogP contribution in [0.5, 0.6) is 0 Å². The van der Waals surface area contributed by atoms with Gasteiger partial charge in [-0.05, 0) is 0 Å². The van der Waals surface area contributed by atoms with Gasteiger partial charge < -0.3 is 46.0 Å². The van der Waals surface area contributed by atoms with E-state index >= 15 is 0 Å². The van der Waals surface area contributed by atoms with E-state index in [0.717, 1.165) is 0 Å². The topological polar surface area (TPSA) is 251 Å². The third-order valence-electron chi connectivity index (χ3n) is 2.73. The molecule has 0 aromatic rings. The number of amides is 1. The van der Waals surface area contributed by atoms with Crippen molar-refractivity contribution in [3.63, 3.8) is 0 Å². The molecule has 0 saturated heterocycles. The van der Waals surface area contributed by atoms with Crippen molar-refractivity contribution in [2.75, 3.05) is 26.2 Å². The number of hydrogen-bond acceptors (Lipinski definition) is 11. The van der Waals surface area contributed by atoms with Gasteiger partial charge >= 0.3 is 48.9 Å². The normalized spacial score (nSPS) is 10.0. The standard InChI is InChI=1S/C10H21Cl3N3O2P.3NO3.Pr/c1-5-15(6-2)19(18,16(7-3)8-4)14-9(17)10(11,12)13;3*2-1(3)4;/h5-8H2,1-4H3,(H,14,17,18);;;;/q;3*-1;+3. The first-order valence-electron chi connectivity index (χ1n) is 7.81. The van der Waals surface area contributed by atoms with Crippen molar-refractivity contribution in [2.45, 2.75) is 31.5 Å². The molecule has 0 fully saturated rings. The summed E-state index contributed by atoms with van der Waals surface area (Å²) in [4.78, 5) is 36.6. The van der Waals surface area contributed by atoms with E-state index in [0.29, 0.717) is 26.2 Å². The van der Waals surface area contributed by atoms with Gasteiger partial charge in [-0.25, -0.2) is 9.34 Å². The van der Waals surface area contributed by atoms with E-state index in [9.17, 15) is 9.36 Å². The fourth-order valence-corrected chi connectivity index (χ4v) is 4.68. The van der Waals surface area contributed by atoms with Gasteiger partial charge in [-0.1, -0.05) is 62.5 Å². The Hall–Kier alpha value is -0.546. The molecule has 0 aliphatic rings. The summed E-state index contributed by atoms with van der Waals surface area (Å²) in [5.41, 5.74) is 0. The second kappa shape index (κ2) is 22.3. The SMILES string of the molecule is CCN(CC)P(=O)(NC(=O)C(Cl)(Cl)Cl)N(CC)CC.O=[N+]([O-])[O-].O=[N+]([O-])[O-].O=[N+]([O-])[O-].[Pr+3]. The first-order valence-corrected chi connectivity index (χ1v) is 10.6. The number of hydrogen-bond donors (Lipinski definition) is 1.